The van der Waals surface area contributed by atoms with Gasteiger partial charge < -0.3 is 10.1 Å². The summed E-state index contributed by atoms with van der Waals surface area (Å²) in [7, 11) is -3.89. The van der Waals surface area contributed by atoms with E-state index >= 15 is 0 Å². The average Bonchev–Trinajstić information content (AvgIpc) is 2.91. The van der Waals surface area contributed by atoms with Crippen molar-refractivity contribution in [3.8, 4) is 5.75 Å². The van der Waals surface area contributed by atoms with E-state index in [1.807, 2.05) is 26.0 Å². The Kier molecular flexibility index (Phi) is 8.16. The Labute approximate surface area is 222 Å². The summed E-state index contributed by atoms with van der Waals surface area (Å²) in [6.07, 6.45) is 0. The molecule has 0 bridgehead atoms. The zero-order chi connectivity index (χ0) is 26.4. The van der Waals surface area contributed by atoms with Gasteiger partial charge >= 0.3 is 0 Å². The lowest BCUT2D eigenvalue weighted by molar-refractivity contribution is 0.102. The van der Waals surface area contributed by atoms with E-state index in [0.717, 1.165) is 5.56 Å². The van der Waals surface area contributed by atoms with Crippen LogP contribution in [-0.4, -0.2) is 20.9 Å². The predicted molar refractivity (Wildman–Crippen MR) is 148 cm³/mol. The second-order valence-corrected chi connectivity index (χ2v) is 10.6. The molecule has 4 aromatic rings. The van der Waals surface area contributed by atoms with Gasteiger partial charge in [-0.15, -0.1) is 0 Å². The minimum Gasteiger partial charge on any atom is -0.492 e. The summed E-state index contributed by atoms with van der Waals surface area (Å²) in [5.41, 5.74) is 2.99. The zero-order valence-corrected chi connectivity index (χ0v) is 22.1. The normalized spacial score (nSPS) is 11.1. The SMILES string of the molecule is CCOc1ccccc1NC(=O)c1ccc(CN(c2cc(Cl)ccc2C)S(=O)(=O)c2ccccc2)cc1. The number of halogens is 1. The van der Waals surface area contributed by atoms with Crippen LogP contribution in [0.15, 0.2) is 102 Å². The highest BCUT2D eigenvalue weighted by Crippen LogP contribution is 2.31. The summed E-state index contributed by atoms with van der Waals surface area (Å²) in [5, 5.41) is 3.31. The molecule has 1 amide bonds. The Morgan fingerprint density at radius 3 is 2.30 bits per heavy atom. The van der Waals surface area contributed by atoms with Gasteiger partial charge in [0.25, 0.3) is 15.9 Å². The number of anilines is 2. The fourth-order valence-corrected chi connectivity index (χ4v) is 5.54. The standard InChI is InChI=1S/C29H27ClN2O4S/c1-3-36-28-12-8-7-11-26(28)31-29(33)23-16-14-22(15-17-23)20-32(27-19-24(30)18-13-21(27)2)37(34,35)25-9-5-4-6-10-25/h4-19H,3,20H2,1-2H3,(H,31,33). The van der Waals surface area contributed by atoms with E-state index in [1.165, 1.54) is 4.31 Å². The third kappa shape index (κ3) is 6.13. The Morgan fingerprint density at radius 1 is 0.919 bits per heavy atom. The monoisotopic (exact) mass is 534 g/mol. The van der Waals surface area contributed by atoms with Crippen molar-refractivity contribution in [1.82, 2.24) is 0 Å². The summed E-state index contributed by atoms with van der Waals surface area (Å²) >= 11 is 6.24. The number of rotatable bonds is 9. The number of aryl methyl sites for hydroxylation is 1. The number of para-hydroxylation sites is 2. The maximum absolute atomic E-state index is 13.7. The third-order valence-electron chi connectivity index (χ3n) is 5.75. The van der Waals surface area contributed by atoms with Crippen molar-refractivity contribution in [2.45, 2.75) is 25.3 Å². The first-order valence-electron chi connectivity index (χ1n) is 11.8. The molecule has 0 saturated carbocycles. The summed E-state index contributed by atoms with van der Waals surface area (Å²) in [4.78, 5) is 13.0. The molecule has 0 radical (unpaired) electrons. The molecule has 0 spiro atoms. The first kappa shape index (κ1) is 26.3. The number of benzene rings is 4. The summed E-state index contributed by atoms with van der Waals surface area (Å²) in [6, 6.07) is 27.5. The second-order valence-electron chi connectivity index (χ2n) is 8.34. The van der Waals surface area contributed by atoms with Crippen LogP contribution in [0.2, 0.25) is 5.02 Å². The maximum atomic E-state index is 13.7. The summed E-state index contributed by atoms with van der Waals surface area (Å²) in [6.45, 7) is 4.26. The number of hydrogen-bond donors (Lipinski definition) is 1. The van der Waals surface area contributed by atoms with Crippen molar-refractivity contribution in [1.29, 1.82) is 0 Å². The van der Waals surface area contributed by atoms with Gasteiger partial charge in [0.2, 0.25) is 0 Å². The minimum atomic E-state index is -3.89. The largest absolute Gasteiger partial charge is 0.492 e. The number of carbonyl (C=O) groups is 1. The van der Waals surface area contributed by atoms with E-state index in [1.54, 1.807) is 84.9 Å². The zero-order valence-electron chi connectivity index (χ0n) is 20.5. The quantitative estimate of drug-likeness (QED) is 0.259. The Morgan fingerprint density at radius 2 is 1.59 bits per heavy atom. The van der Waals surface area contributed by atoms with Crippen molar-refractivity contribution in [2.24, 2.45) is 0 Å². The van der Waals surface area contributed by atoms with E-state index in [4.69, 9.17) is 16.3 Å². The van der Waals surface area contributed by atoms with Crippen LogP contribution in [-0.2, 0) is 16.6 Å². The van der Waals surface area contributed by atoms with Crippen LogP contribution in [0.1, 0.15) is 28.4 Å². The van der Waals surface area contributed by atoms with Crippen LogP contribution in [0, 0.1) is 6.92 Å². The maximum Gasteiger partial charge on any atom is 0.264 e. The van der Waals surface area contributed by atoms with Crippen LogP contribution < -0.4 is 14.4 Å². The molecule has 0 unspecified atom stereocenters. The van der Waals surface area contributed by atoms with E-state index in [2.05, 4.69) is 5.32 Å². The molecule has 0 fully saturated rings. The van der Waals surface area contributed by atoms with Gasteiger partial charge in [-0.1, -0.05) is 60.1 Å². The van der Waals surface area contributed by atoms with Crippen LogP contribution in [0.5, 0.6) is 5.75 Å². The molecule has 37 heavy (non-hydrogen) atoms. The van der Waals surface area contributed by atoms with E-state index < -0.39 is 10.0 Å². The highest BCUT2D eigenvalue weighted by atomic mass is 35.5. The van der Waals surface area contributed by atoms with Gasteiger partial charge in [0.15, 0.2) is 0 Å². The lowest BCUT2D eigenvalue weighted by Gasteiger charge is -2.26. The summed E-state index contributed by atoms with van der Waals surface area (Å²) < 4.78 is 34.3. The minimum absolute atomic E-state index is 0.0630. The lowest BCUT2D eigenvalue weighted by Crippen LogP contribution is -2.31. The van der Waals surface area contributed by atoms with Crippen molar-refractivity contribution < 1.29 is 17.9 Å². The summed E-state index contributed by atoms with van der Waals surface area (Å²) in [5.74, 6) is 0.298. The fraction of sp³-hybridized carbons (Fsp3) is 0.138. The third-order valence-corrected chi connectivity index (χ3v) is 7.76. The lowest BCUT2D eigenvalue weighted by atomic mass is 10.1. The number of ether oxygens (including phenoxy) is 1. The Hall–Kier alpha value is -3.81. The molecule has 1 N–H and O–H groups in total. The topological polar surface area (TPSA) is 75.7 Å². The molecule has 0 saturated heterocycles. The molecule has 0 aliphatic carbocycles. The van der Waals surface area contributed by atoms with Crippen molar-refractivity contribution in [3.63, 3.8) is 0 Å². The van der Waals surface area contributed by atoms with Crippen molar-refractivity contribution >= 4 is 38.9 Å². The molecule has 4 rings (SSSR count). The molecule has 0 aromatic heterocycles. The van der Waals surface area contributed by atoms with Gasteiger partial charge in [-0.3, -0.25) is 9.10 Å². The number of hydrogen-bond acceptors (Lipinski definition) is 4. The number of nitrogens with zero attached hydrogens (tertiary/aromatic N) is 1. The predicted octanol–water partition coefficient (Wildman–Crippen LogP) is 6.69. The van der Waals surface area contributed by atoms with Crippen molar-refractivity contribution in [2.75, 3.05) is 16.2 Å². The van der Waals surface area contributed by atoms with Gasteiger partial charge in [0.05, 0.1) is 29.4 Å². The van der Waals surface area contributed by atoms with E-state index in [-0.39, 0.29) is 17.3 Å². The van der Waals surface area contributed by atoms with Gasteiger partial charge in [-0.05, 0) is 73.5 Å². The van der Waals surface area contributed by atoms with Crippen LogP contribution in [0.4, 0.5) is 11.4 Å². The number of nitrogens with one attached hydrogen (secondary N) is 1. The molecule has 6 nitrogen and oxygen atoms in total. The molecular weight excluding hydrogens is 508 g/mol. The van der Waals surface area contributed by atoms with Gasteiger partial charge in [0.1, 0.15) is 5.75 Å². The molecule has 0 aliphatic heterocycles. The van der Waals surface area contributed by atoms with Crippen LogP contribution in [0.3, 0.4) is 0 Å². The Bertz CT molecular complexity index is 1490. The number of sulfonamides is 1. The first-order chi connectivity index (χ1) is 17.8. The molecule has 0 aliphatic rings. The second kappa shape index (κ2) is 11.5. The molecular formula is C29H27ClN2O4S. The van der Waals surface area contributed by atoms with Gasteiger partial charge in [-0.2, -0.15) is 0 Å². The number of amides is 1. The van der Waals surface area contributed by atoms with Crippen molar-refractivity contribution in [3.05, 3.63) is 119 Å². The smallest absolute Gasteiger partial charge is 0.264 e. The van der Waals surface area contributed by atoms with E-state index in [0.29, 0.717) is 39.9 Å². The first-order valence-corrected chi connectivity index (χ1v) is 13.6. The van der Waals surface area contributed by atoms with Gasteiger partial charge in [0, 0.05) is 10.6 Å². The molecule has 190 valence electrons. The molecule has 0 atom stereocenters. The van der Waals surface area contributed by atoms with E-state index in [9.17, 15) is 13.2 Å². The highest BCUT2D eigenvalue weighted by molar-refractivity contribution is 7.92. The average molecular weight is 535 g/mol. The van der Waals surface area contributed by atoms with Crippen LogP contribution in [0.25, 0.3) is 0 Å². The highest BCUT2D eigenvalue weighted by Gasteiger charge is 2.26. The van der Waals surface area contributed by atoms with Crippen LogP contribution >= 0.6 is 11.6 Å². The number of carbonyl (C=O) groups excluding carboxylic acids is 1. The molecule has 4 aromatic carbocycles. The molecule has 0 heterocycles. The molecule has 8 heteroatoms. The fourth-order valence-electron chi connectivity index (χ4n) is 3.84. The Balaban J connectivity index is 1.62. The van der Waals surface area contributed by atoms with Gasteiger partial charge in [-0.25, -0.2) is 8.42 Å².